The van der Waals surface area contributed by atoms with Crippen molar-refractivity contribution in [1.82, 2.24) is 4.72 Å². The monoisotopic (exact) mass is 293 g/mol. The van der Waals surface area contributed by atoms with Gasteiger partial charge in [-0.1, -0.05) is 6.92 Å². The summed E-state index contributed by atoms with van der Waals surface area (Å²) in [5.41, 5.74) is 0. The fourth-order valence-electron chi connectivity index (χ4n) is 1.35. The second-order valence-electron chi connectivity index (χ2n) is 4.13. The molecule has 1 atom stereocenters. The number of sulfonamides is 1. The van der Waals surface area contributed by atoms with Crippen molar-refractivity contribution in [1.29, 1.82) is 0 Å². The number of hydrogen-bond donors (Lipinski definition) is 2. The molecule has 0 aliphatic carbocycles. The number of benzene rings is 1. The van der Waals surface area contributed by atoms with Crippen LogP contribution >= 0.6 is 0 Å². The van der Waals surface area contributed by atoms with Gasteiger partial charge in [-0.05, 0) is 24.1 Å². The van der Waals surface area contributed by atoms with Crippen molar-refractivity contribution in [2.45, 2.75) is 18.2 Å². The number of rotatable bonds is 6. The number of hydrogen-bond acceptors (Lipinski definition) is 3. The highest BCUT2D eigenvalue weighted by Crippen LogP contribution is 2.14. The van der Waals surface area contributed by atoms with Gasteiger partial charge in [-0.3, -0.25) is 4.79 Å². The van der Waals surface area contributed by atoms with Crippen molar-refractivity contribution in [2.75, 3.05) is 6.54 Å². The second kappa shape index (κ2) is 6.07. The van der Waals surface area contributed by atoms with Crippen LogP contribution in [0.15, 0.2) is 23.1 Å². The van der Waals surface area contributed by atoms with Crippen molar-refractivity contribution < 1.29 is 27.1 Å². The summed E-state index contributed by atoms with van der Waals surface area (Å²) in [6.07, 6.45) is -0.194. The van der Waals surface area contributed by atoms with E-state index in [1.807, 2.05) is 0 Å². The average Bonchev–Trinajstić information content (AvgIpc) is 2.29. The smallest absolute Gasteiger partial charge is 0.303 e. The van der Waals surface area contributed by atoms with E-state index in [4.69, 9.17) is 5.11 Å². The molecule has 0 saturated carbocycles. The van der Waals surface area contributed by atoms with Gasteiger partial charge in [-0.25, -0.2) is 21.9 Å². The van der Waals surface area contributed by atoms with E-state index in [-0.39, 0.29) is 13.0 Å². The standard InChI is InChI=1S/C11H13F2NO4S/c1-7(4-11(15)16)6-14-19(17,18)8-2-3-9(12)10(13)5-8/h2-3,5,7,14H,4,6H2,1H3,(H,15,16). The quantitative estimate of drug-likeness (QED) is 0.829. The number of nitrogens with one attached hydrogen (secondary N) is 1. The van der Waals surface area contributed by atoms with Gasteiger partial charge in [0.2, 0.25) is 10.0 Å². The van der Waals surface area contributed by atoms with Crippen molar-refractivity contribution in [2.24, 2.45) is 5.92 Å². The van der Waals surface area contributed by atoms with Crippen molar-refractivity contribution >= 4 is 16.0 Å². The van der Waals surface area contributed by atoms with Crippen LogP contribution in [-0.4, -0.2) is 26.0 Å². The van der Waals surface area contributed by atoms with E-state index in [0.29, 0.717) is 12.1 Å². The summed E-state index contributed by atoms with van der Waals surface area (Å²) in [5, 5.41) is 8.53. The SMILES string of the molecule is CC(CNS(=O)(=O)c1ccc(F)c(F)c1)CC(=O)O. The Bertz CT molecular complexity index is 574. The lowest BCUT2D eigenvalue weighted by Crippen LogP contribution is -2.29. The third-order valence-electron chi connectivity index (χ3n) is 2.35. The first kappa shape index (κ1) is 15.5. The largest absolute Gasteiger partial charge is 0.481 e. The molecule has 0 saturated heterocycles. The Labute approximate surface area is 109 Å². The number of aliphatic carboxylic acids is 1. The lowest BCUT2D eigenvalue weighted by atomic mass is 10.1. The van der Waals surface area contributed by atoms with Crippen LogP contribution in [0.3, 0.4) is 0 Å². The predicted octanol–water partition coefficient (Wildman–Crippen LogP) is 1.35. The predicted molar refractivity (Wildman–Crippen MR) is 63.0 cm³/mol. The lowest BCUT2D eigenvalue weighted by Gasteiger charge is -2.11. The van der Waals surface area contributed by atoms with Gasteiger partial charge in [-0.2, -0.15) is 0 Å². The maximum atomic E-state index is 12.9. The first-order valence-electron chi connectivity index (χ1n) is 5.39. The molecule has 2 N–H and O–H groups in total. The summed E-state index contributed by atoms with van der Waals surface area (Å²) in [5.74, 6) is -3.86. The molecule has 0 amide bonds. The molecule has 106 valence electrons. The third-order valence-corrected chi connectivity index (χ3v) is 3.77. The molecule has 0 fully saturated rings. The molecule has 1 rings (SSSR count). The Kier molecular flexibility index (Phi) is 4.96. The minimum atomic E-state index is -3.98. The van der Waals surface area contributed by atoms with Gasteiger partial charge in [-0.15, -0.1) is 0 Å². The fourth-order valence-corrected chi connectivity index (χ4v) is 2.53. The summed E-state index contributed by atoms with van der Waals surface area (Å²) < 4.78 is 51.2. The second-order valence-corrected chi connectivity index (χ2v) is 5.90. The van der Waals surface area contributed by atoms with Crippen LogP contribution in [0.4, 0.5) is 8.78 Å². The van der Waals surface area contributed by atoms with Crippen LogP contribution in [0.2, 0.25) is 0 Å². The molecule has 0 bridgehead atoms. The van der Waals surface area contributed by atoms with Gasteiger partial charge in [0, 0.05) is 13.0 Å². The molecule has 8 heteroatoms. The zero-order chi connectivity index (χ0) is 14.6. The third kappa shape index (κ3) is 4.56. The molecule has 0 heterocycles. The maximum Gasteiger partial charge on any atom is 0.303 e. The van der Waals surface area contributed by atoms with E-state index < -0.39 is 38.4 Å². The van der Waals surface area contributed by atoms with E-state index in [1.165, 1.54) is 0 Å². The van der Waals surface area contributed by atoms with Crippen LogP contribution in [0.1, 0.15) is 13.3 Å². The maximum absolute atomic E-state index is 12.9. The van der Waals surface area contributed by atoms with Gasteiger partial charge < -0.3 is 5.11 Å². The molecule has 5 nitrogen and oxygen atoms in total. The van der Waals surface area contributed by atoms with E-state index >= 15 is 0 Å². The Morgan fingerprint density at radius 2 is 2.00 bits per heavy atom. The molecule has 0 aliphatic rings. The van der Waals surface area contributed by atoms with Gasteiger partial charge in [0.1, 0.15) is 0 Å². The number of carboxylic acid groups (broad SMARTS) is 1. The lowest BCUT2D eigenvalue weighted by molar-refractivity contribution is -0.137. The summed E-state index contributed by atoms with van der Waals surface area (Å²) >= 11 is 0. The normalized spacial score (nSPS) is 13.2. The minimum Gasteiger partial charge on any atom is -0.481 e. The molecule has 0 aliphatic heterocycles. The zero-order valence-corrected chi connectivity index (χ0v) is 10.9. The van der Waals surface area contributed by atoms with Crippen LogP contribution in [0.25, 0.3) is 0 Å². The molecule has 1 unspecified atom stereocenters. The first-order chi connectivity index (χ1) is 8.72. The average molecular weight is 293 g/mol. The molecule has 1 aromatic carbocycles. The van der Waals surface area contributed by atoms with Crippen LogP contribution < -0.4 is 4.72 Å². The van der Waals surface area contributed by atoms with Crippen molar-refractivity contribution in [3.63, 3.8) is 0 Å². The molecular formula is C11H13F2NO4S. The van der Waals surface area contributed by atoms with E-state index in [1.54, 1.807) is 6.92 Å². The van der Waals surface area contributed by atoms with Crippen LogP contribution in [-0.2, 0) is 14.8 Å². The molecule has 19 heavy (non-hydrogen) atoms. The summed E-state index contributed by atoms with van der Waals surface area (Å²) in [4.78, 5) is 10.0. The number of halogens is 2. The Hall–Kier alpha value is -1.54. The van der Waals surface area contributed by atoms with Gasteiger partial charge in [0.15, 0.2) is 11.6 Å². The zero-order valence-electron chi connectivity index (χ0n) is 10.1. The number of carboxylic acids is 1. The van der Waals surface area contributed by atoms with Crippen LogP contribution in [0, 0.1) is 17.6 Å². The summed E-state index contributed by atoms with van der Waals surface area (Å²) in [6, 6.07) is 2.21. The Morgan fingerprint density at radius 3 is 2.53 bits per heavy atom. The Morgan fingerprint density at radius 1 is 1.37 bits per heavy atom. The van der Waals surface area contributed by atoms with E-state index in [0.717, 1.165) is 6.07 Å². The van der Waals surface area contributed by atoms with E-state index in [2.05, 4.69) is 4.72 Å². The molecular weight excluding hydrogens is 280 g/mol. The molecule has 0 radical (unpaired) electrons. The molecule has 0 spiro atoms. The Balaban J connectivity index is 2.76. The van der Waals surface area contributed by atoms with Gasteiger partial charge >= 0.3 is 5.97 Å². The summed E-state index contributed by atoms with van der Waals surface area (Å²) in [6.45, 7) is 1.45. The molecule has 1 aromatic rings. The van der Waals surface area contributed by atoms with Crippen molar-refractivity contribution in [3.8, 4) is 0 Å². The number of carbonyl (C=O) groups is 1. The highest BCUT2D eigenvalue weighted by atomic mass is 32.2. The van der Waals surface area contributed by atoms with Gasteiger partial charge in [0.25, 0.3) is 0 Å². The molecule has 0 aromatic heterocycles. The summed E-state index contributed by atoms with van der Waals surface area (Å²) in [7, 11) is -3.98. The van der Waals surface area contributed by atoms with Crippen LogP contribution in [0.5, 0.6) is 0 Å². The van der Waals surface area contributed by atoms with Crippen molar-refractivity contribution in [3.05, 3.63) is 29.8 Å². The minimum absolute atomic E-state index is 0.104. The van der Waals surface area contributed by atoms with Gasteiger partial charge in [0.05, 0.1) is 4.90 Å². The highest BCUT2D eigenvalue weighted by Gasteiger charge is 2.18. The topological polar surface area (TPSA) is 83.5 Å². The van der Waals surface area contributed by atoms with E-state index in [9.17, 15) is 22.0 Å². The fraction of sp³-hybridized carbons (Fsp3) is 0.364. The highest BCUT2D eigenvalue weighted by molar-refractivity contribution is 7.89. The first-order valence-corrected chi connectivity index (χ1v) is 6.87.